The van der Waals surface area contributed by atoms with Gasteiger partial charge in [0.05, 0.1) is 6.61 Å². The average molecular weight is 206 g/mol. The molecule has 15 heavy (non-hydrogen) atoms. The highest BCUT2D eigenvalue weighted by atomic mass is 16.5. The first-order valence-corrected chi connectivity index (χ1v) is 4.92. The van der Waals surface area contributed by atoms with E-state index in [1.165, 1.54) is 0 Å². The Labute approximate surface area is 88.6 Å². The summed E-state index contributed by atoms with van der Waals surface area (Å²) < 4.78 is 5.28. The Morgan fingerprint density at radius 1 is 1.60 bits per heavy atom. The molecule has 0 aliphatic carbocycles. The van der Waals surface area contributed by atoms with Crippen molar-refractivity contribution in [3.8, 4) is 0 Å². The Morgan fingerprint density at radius 2 is 2.40 bits per heavy atom. The van der Waals surface area contributed by atoms with Crippen LogP contribution in [0.1, 0.15) is 5.56 Å². The van der Waals surface area contributed by atoms with Crippen molar-refractivity contribution in [1.29, 1.82) is 0 Å². The molecule has 2 rings (SSSR count). The standard InChI is InChI=1S/C11H14N2O2/c1-8-6-9(12)2-3-10(8)13-4-5-15-11(13)7-14/h2-3,6-7,11H,4-5,12H2,1H3. The lowest BCUT2D eigenvalue weighted by Crippen LogP contribution is -2.31. The quantitative estimate of drug-likeness (QED) is 0.578. The summed E-state index contributed by atoms with van der Waals surface area (Å²) in [6.07, 6.45) is 0.371. The zero-order valence-electron chi connectivity index (χ0n) is 8.64. The molecule has 1 atom stereocenters. The number of rotatable bonds is 2. The Balaban J connectivity index is 2.32. The lowest BCUT2D eigenvalue weighted by molar-refractivity contribution is -0.115. The summed E-state index contributed by atoms with van der Waals surface area (Å²) in [5.74, 6) is 0. The van der Waals surface area contributed by atoms with Crippen LogP contribution in [0.25, 0.3) is 0 Å². The minimum Gasteiger partial charge on any atom is -0.399 e. The molecule has 1 saturated heterocycles. The van der Waals surface area contributed by atoms with Gasteiger partial charge in [-0.1, -0.05) is 0 Å². The number of hydrogen-bond donors (Lipinski definition) is 1. The highest BCUT2D eigenvalue weighted by Gasteiger charge is 2.25. The zero-order valence-corrected chi connectivity index (χ0v) is 8.64. The molecule has 4 nitrogen and oxygen atoms in total. The van der Waals surface area contributed by atoms with Crippen molar-refractivity contribution < 1.29 is 9.53 Å². The first kappa shape index (κ1) is 9.98. The number of nitrogens with zero attached hydrogens (tertiary/aromatic N) is 1. The van der Waals surface area contributed by atoms with E-state index in [-0.39, 0.29) is 0 Å². The van der Waals surface area contributed by atoms with Crippen molar-refractivity contribution in [1.82, 2.24) is 0 Å². The summed E-state index contributed by atoms with van der Waals surface area (Å²) in [7, 11) is 0. The molecule has 1 aromatic rings. The lowest BCUT2D eigenvalue weighted by atomic mass is 10.1. The zero-order chi connectivity index (χ0) is 10.8. The van der Waals surface area contributed by atoms with Crippen molar-refractivity contribution in [3.63, 3.8) is 0 Å². The molecule has 0 amide bonds. The lowest BCUT2D eigenvalue weighted by Gasteiger charge is -2.23. The third-order valence-corrected chi connectivity index (χ3v) is 2.57. The predicted octanol–water partition coefficient (Wildman–Crippen LogP) is 0.939. The molecular weight excluding hydrogens is 192 g/mol. The van der Waals surface area contributed by atoms with Crippen LogP contribution in [-0.2, 0) is 9.53 Å². The number of carbonyl (C=O) groups is 1. The van der Waals surface area contributed by atoms with Crippen LogP contribution in [0.3, 0.4) is 0 Å². The van der Waals surface area contributed by atoms with Gasteiger partial charge in [0.25, 0.3) is 0 Å². The summed E-state index contributed by atoms with van der Waals surface area (Å²) in [6.45, 7) is 3.31. The second-order valence-electron chi connectivity index (χ2n) is 3.64. The van der Waals surface area contributed by atoms with Gasteiger partial charge in [0.15, 0.2) is 12.5 Å². The SMILES string of the molecule is Cc1cc(N)ccc1N1CCOC1C=O. The van der Waals surface area contributed by atoms with E-state index in [0.29, 0.717) is 6.61 Å². The van der Waals surface area contributed by atoms with Crippen LogP contribution >= 0.6 is 0 Å². The number of benzene rings is 1. The molecule has 4 heteroatoms. The normalized spacial score (nSPS) is 20.6. The summed E-state index contributed by atoms with van der Waals surface area (Å²) in [4.78, 5) is 12.7. The summed E-state index contributed by atoms with van der Waals surface area (Å²) in [6, 6.07) is 5.66. The summed E-state index contributed by atoms with van der Waals surface area (Å²) in [5.41, 5.74) is 8.48. The maximum atomic E-state index is 10.8. The minimum absolute atomic E-state index is 0.452. The van der Waals surface area contributed by atoms with Crippen LogP contribution in [0.5, 0.6) is 0 Å². The number of carbonyl (C=O) groups excluding carboxylic acids is 1. The first-order chi connectivity index (χ1) is 7.22. The Morgan fingerprint density at radius 3 is 3.07 bits per heavy atom. The molecule has 0 saturated carbocycles. The van der Waals surface area contributed by atoms with Crippen molar-refractivity contribution >= 4 is 17.7 Å². The van der Waals surface area contributed by atoms with Crippen LogP contribution in [0.4, 0.5) is 11.4 Å². The predicted molar refractivity (Wildman–Crippen MR) is 58.7 cm³/mol. The molecule has 1 fully saturated rings. The van der Waals surface area contributed by atoms with E-state index in [1.54, 1.807) is 0 Å². The van der Waals surface area contributed by atoms with Gasteiger partial charge in [-0.25, -0.2) is 0 Å². The van der Waals surface area contributed by atoms with Crippen molar-refractivity contribution in [2.24, 2.45) is 0 Å². The number of ether oxygens (including phenoxy) is 1. The number of hydrogen-bond acceptors (Lipinski definition) is 4. The largest absolute Gasteiger partial charge is 0.399 e. The molecule has 1 aromatic carbocycles. The molecular formula is C11H14N2O2. The fourth-order valence-corrected chi connectivity index (χ4v) is 1.86. The molecule has 0 aromatic heterocycles. The molecule has 0 radical (unpaired) electrons. The van der Waals surface area contributed by atoms with E-state index < -0.39 is 6.23 Å². The summed E-state index contributed by atoms with van der Waals surface area (Å²) >= 11 is 0. The Bertz CT molecular complexity index is 379. The maximum absolute atomic E-state index is 10.8. The first-order valence-electron chi connectivity index (χ1n) is 4.92. The van der Waals surface area contributed by atoms with E-state index in [0.717, 1.165) is 29.8 Å². The van der Waals surface area contributed by atoms with Gasteiger partial charge in [-0.15, -0.1) is 0 Å². The van der Waals surface area contributed by atoms with E-state index in [9.17, 15) is 4.79 Å². The Kier molecular flexibility index (Phi) is 2.60. The van der Waals surface area contributed by atoms with E-state index >= 15 is 0 Å². The third-order valence-electron chi connectivity index (χ3n) is 2.57. The Hall–Kier alpha value is -1.55. The van der Waals surface area contributed by atoms with Gasteiger partial charge >= 0.3 is 0 Å². The van der Waals surface area contributed by atoms with Gasteiger partial charge in [-0.2, -0.15) is 0 Å². The smallest absolute Gasteiger partial charge is 0.186 e. The highest BCUT2D eigenvalue weighted by Crippen LogP contribution is 2.26. The van der Waals surface area contributed by atoms with E-state index in [1.807, 2.05) is 30.0 Å². The van der Waals surface area contributed by atoms with Gasteiger partial charge in [0, 0.05) is 17.9 Å². The molecule has 1 aliphatic rings. The van der Waals surface area contributed by atoms with Crippen molar-refractivity contribution in [2.75, 3.05) is 23.8 Å². The number of anilines is 2. The monoisotopic (exact) mass is 206 g/mol. The fraction of sp³-hybridized carbons (Fsp3) is 0.364. The molecule has 80 valence electrons. The topological polar surface area (TPSA) is 55.6 Å². The number of nitrogen functional groups attached to an aromatic ring is 1. The second kappa shape index (κ2) is 3.90. The van der Waals surface area contributed by atoms with Crippen LogP contribution in [0.2, 0.25) is 0 Å². The van der Waals surface area contributed by atoms with Gasteiger partial charge in [0.1, 0.15) is 0 Å². The maximum Gasteiger partial charge on any atom is 0.186 e. The van der Waals surface area contributed by atoms with Gasteiger partial charge in [0.2, 0.25) is 0 Å². The van der Waals surface area contributed by atoms with Crippen molar-refractivity contribution in [3.05, 3.63) is 23.8 Å². The van der Waals surface area contributed by atoms with E-state index in [2.05, 4.69) is 0 Å². The van der Waals surface area contributed by atoms with Crippen LogP contribution in [-0.4, -0.2) is 25.7 Å². The fourth-order valence-electron chi connectivity index (χ4n) is 1.86. The molecule has 1 aliphatic heterocycles. The minimum atomic E-state index is -0.452. The average Bonchev–Trinajstić information content (AvgIpc) is 2.65. The molecule has 1 heterocycles. The molecule has 2 N–H and O–H groups in total. The van der Waals surface area contributed by atoms with Crippen molar-refractivity contribution in [2.45, 2.75) is 13.2 Å². The number of aryl methyl sites for hydroxylation is 1. The van der Waals surface area contributed by atoms with Gasteiger partial charge in [-0.3, -0.25) is 4.79 Å². The van der Waals surface area contributed by atoms with Gasteiger partial charge < -0.3 is 15.4 Å². The third kappa shape index (κ3) is 1.80. The molecule has 0 spiro atoms. The second-order valence-corrected chi connectivity index (χ2v) is 3.64. The highest BCUT2D eigenvalue weighted by molar-refractivity contribution is 5.68. The van der Waals surface area contributed by atoms with Crippen LogP contribution in [0, 0.1) is 6.92 Å². The number of aldehydes is 1. The molecule has 1 unspecified atom stereocenters. The van der Waals surface area contributed by atoms with Crippen LogP contribution < -0.4 is 10.6 Å². The van der Waals surface area contributed by atoms with E-state index in [4.69, 9.17) is 10.5 Å². The number of nitrogens with two attached hydrogens (primary N) is 1. The van der Waals surface area contributed by atoms with Gasteiger partial charge in [-0.05, 0) is 30.7 Å². The summed E-state index contributed by atoms with van der Waals surface area (Å²) in [5, 5.41) is 0. The molecule has 0 bridgehead atoms. The van der Waals surface area contributed by atoms with Crippen LogP contribution in [0.15, 0.2) is 18.2 Å².